The Labute approximate surface area is 180 Å². The molecule has 1 fully saturated rings. The van der Waals surface area contributed by atoms with Gasteiger partial charge in [0.15, 0.2) is 6.61 Å². The first-order chi connectivity index (χ1) is 13.4. The van der Waals surface area contributed by atoms with Crippen LogP contribution in [0.15, 0.2) is 45.3 Å². The fourth-order valence-corrected chi connectivity index (χ4v) is 4.41. The second-order valence-corrected chi connectivity index (χ2v) is 8.12. The van der Waals surface area contributed by atoms with Gasteiger partial charge in [-0.3, -0.25) is 9.59 Å². The van der Waals surface area contributed by atoms with Crippen LogP contribution in [0.3, 0.4) is 0 Å². The van der Waals surface area contributed by atoms with E-state index in [1.807, 2.05) is 19.1 Å². The normalized spacial score (nSPS) is 13.9. The molecule has 28 heavy (non-hydrogen) atoms. The van der Waals surface area contributed by atoms with E-state index in [2.05, 4.69) is 37.2 Å². The van der Waals surface area contributed by atoms with Gasteiger partial charge < -0.3 is 19.7 Å². The van der Waals surface area contributed by atoms with Crippen molar-refractivity contribution in [3.05, 3.63) is 56.5 Å². The maximum absolute atomic E-state index is 12.4. The first-order valence-corrected chi connectivity index (χ1v) is 10.4. The summed E-state index contributed by atoms with van der Waals surface area (Å²) in [6.07, 6.45) is 0. The fourth-order valence-electron chi connectivity index (χ4n) is 2.85. The van der Waals surface area contributed by atoms with E-state index >= 15 is 0 Å². The zero-order valence-corrected chi connectivity index (χ0v) is 18.5. The van der Waals surface area contributed by atoms with Crippen LogP contribution < -0.4 is 10.1 Å². The van der Waals surface area contributed by atoms with Gasteiger partial charge in [0.1, 0.15) is 5.75 Å². The largest absolute Gasteiger partial charge is 0.482 e. The average Bonchev–Trinajstić information content (AvgIpc) is 2.68. The van der Waals surface area contributed by atoms with Gasteiger partial charge in [0.05, 0.1) is 17.7 Å². The molecule has 1 heterocycles. The predicted molar refractivity (Wildman–Crippen MR) is 114 cm³/mol. The van der Waals surface area contributed by atoms with E-state index in [-0.39, 0.29) is 18.4 Å². The van der Waals surface area contributed by atoms with Crippen LogP contribution in [0, 0.1) is 6.92 Å². The van der Waals surface area contributed by atoms with E-state index in [0.29, 0.717) is 43.3 Å². The lowest BCUT2D eigenvalue weighted by Crippen LogP contribution is -2.40. The number of hydrogen-bond donors (Lipinski definition) is 1. The highest BCUT2D eigenvalue weighted by Gasteiger charge is 2.18. The van der Waals surface area contributed by atoms with Crippen LogP contribution in [0.4, 0.5) is 5.69 Å². The SMILES string of the molecule is Cc1cc(Br)cc(Br)c1OCC(=O)Nc1ccc(C(=O)N2CCOCC2)cc1. The molecule has 8 heteroatoms. The molecule has 2 aromatic carbocycles. The molecular formula is C20H20Br2N2O4. The van der Waals surface area contributed by atoms with Crippen LogP contribution in [0.2, 0.25) is 0 Å². The molecular weight excluding hydrogens is 492 g/mol. The van der Waals surface area contributed by atoms with Gasteiger partial charge in [0.25, 0.3) is 11.8 Å². The highest BCUT2D eigenvalue weighted by Crippen LogP contribution is 2.32. The number of halogens is 2. The molecule has 0 unspecified atom stereocenters. The van der Waals surface area contributed by atoms with Crippen molar-refractivity contribution in [2.75, 3.05) is 38.2 Å². The van der Waals surface area contributed by atoms with Crippen LogP contribution >= 0.6 is 31.9 Å². The third-order valence-corrected chi connectivity index (χ3v) is 5.30. The molecule has 1 saturated heterocycles. The average molecular weight is 512 g/mol. The maximum Gasteiger partial charge on any atom is 0.262 e. The van der Waals surface area contributed by atoms with Crippen molar-refractivity contribution < 1.29 is 19.1 Å². The number of morpholine rings is 1. The number of anilines is 1. The standard InChI is InChI=1S/C20H20Br2N2O4/c1-13-10-15(21)11-17(22)19(13)28-12-18(25)23-16-4-2-14(3-5-16)20(26)24-6-8-27-9-7-24/h2-5,10-11H,6-9,12H2,1H3,(H,23,25). The third-order valence-electron chi connectivity index (χ3n) is 4.26. The topological polar surface area (TPSA) is 67.9 Å². The number of rotatable bonds is 5. The number of benzene rings is 2. The molecule has 6 nitrogen and oxygen atoms in total. The van der Waals surface area contributed by atoms with Crippen molar-refractivity contribution in [3.63, 3.8) is 0 Å². The van der Waals surface area contributed by atoms with Crippen molar-refractivity contribution >= 4 is 49.4 Å². The minimum Gasteiger partial charge on any atom is -0.482 e. The van der Waals surface area contributed by atoms with Crippen LogP contribution in [0.5, 0.6) is 5.75 Å². The fraction of sp³-hybridized carbons (Fsp3) is 0.300. The Bertz CT molecular complexity index is 842. The lowest BCUT2D eigenvalue weighted by atomic mass is 10.1. The summed E-state index contributed by atoms with van der Waals surface area (Å²) in [4.78, 5) is 26.4. The van der Waals surface area contributed by atoms with Crippen molar-refractivity contribution in [2.24, 2.45) is 0 Å². The van der Waals surface area contributed by atoms with Crippen LogP contribution in [0.25, 0.3) is 0 Å². The second kappa shape index (κ2) is 9.54. The van der Waals surface area contributed by atoms with Gasteiger partial charge in [-0.05, 0) is 64.8 Å². The summed E-state index contributed by atoms with van der Waals surface area (Å²) in [5.41, 5.74) is 2.12. The number of nitrogens with one attached hydrogen (secondary N) is 1. The molecule has 2 amide bonds. The highest BCUT2D eigenvalue weighted by molar-refractivity contribution is 9.11. The molecule has 1 N–H and O–H groups in total. The number of carbonyl (C=O) groups excluding carboxylic acids is 2. The molecule has 0 aromatic heterocycles. The van der Waals surface area contributed by atoms with Gasteiger partial charge in [-0.2, -0.15) is 0 Å². The zero-order chi connectivity index (χ0) is 20.1. The lowest BCUT2D eigenvalue weighted by Gasteiger charge is -2.26. The Morgan fingerprint density at radius 2 is 1.82 bits per heavy atom. The van der Waals surface area contributed by atoms with E-state index < -0.39 is 0 Å². The van der Waals surface area contributed by atoms with Gasteiger partial charge in [-0.15, -0.1) is 0 Å². The summed E-state index contributed by atoms with van der Waals surface area (Å²) in [6.45, 7) is 4.11. The van der Waals surface area contributed by atoms with Crippen molar-refractivity contribution in [1.82, 2.24) is 4.90 Å². The Kier molecular flexibility index (Phi) is 7.09. The minimum absolute atomic E-state index is 0.0277. The van der Waals surface area contributed by atoms with Gasteiger partial charge in [-0.25, -0.2) is 0 Å². The lowest BCUT2D eigenvalue weighted by molar-refractivity contribution is -0.118. The van der Waals surface area contributed by atoms with Gasteiger partial charge >= 0.3 is 0 Å². The Morgan fingerprint density at radius 1 is 1.14 bits per heavy atom. The van der Waals surface area contributed by atoms with E-state index in [0.717, 1.165) is 14.5 Å². The summed E-state index contributed by atoms with van der Waals surface area (Å²) in [5.74, 6) is 0.325. The monoisotopic (exact) mass is 510 g/mol. The molecule has 0 radical (unpaired) electrons. The van der Waals surface area contributed by atoms with Gasteiger partial charge in [-0.1, -0.05) is 15.9 Å². The molecule has 1 aliphatic heterocycles. The number of amides is 2. The Hall–Kier alpha value is -1.90. The summed E-state index contributed by atoms with van der Waals surface area (Å²) in [7, 11) is 0. The van der Waals surface area contributed by atoms with Crippen molar-refractivity contribution in [3.8, 4) is 5.75 Å². The number of ether oxygens (including phenoxy) is 2. The summed E-state index contributed by atoms with van der Waals surface area (Å²) in [6, 6.07) is 10.6. The smallest absolute Gasteiger partial charge is 0.262 e. The molecule has 0 saturated carbocycles. The number of aryl methyl sites for hydroxylation is 1. The van der Waals surface area contributed by atoms with Crippen molar-refractivity contribution in [2.45, 2.75) is 6.92 Å². The summed E-state index contributed by atoms with van der Waals surface area (Å²) < 4.78 is 12.6. The van der Waals surface area contributed by atoms with Crippen LogP contribution in [-0.2, 0) is 9.53 Å². The predicted octanol–water partition coefficient (Wildman–Crippen LogP) is 4.01. The third kappa shape index (κ3) is 5.33. The van der Waals surface area contributed by atoms with Gasteiger partial charge in [0, 0.05) is 28.8 Å². The number of nitrogens with zero attached hydrogens (tertiary/aromatic N) is 1. The molecule has 0 aliphatic carbocycles. The summed E-state index contributed by atoms with van der Waals surface area (Å²) >= 11 is 6.85. The summed E-state index contributed by atoms with van der Waals surface area (Å²) in [5, 5.41) is 2.77. The molecule has 0 bridgehead atoms. The van der Waals surface area contributed by atoms with E-state index in [1.165, 1.54) is 0 Å². The van der Waals surface area contributed by atoms with E-state index in [1.54, 1.807) is 29.2 Å². The Balaban J connectivity index is 1.55. The van der Waals surface area contributed by atoms with Crippen LogP contribution in [0.1, 0.15) is 15.9 Å². The molecule has 148 valence electrons. The number of carbonyl (C=O) groups is 2. The highest BCUT2D eigenvalue weighted by atomic mass is 79.9. The zero-order valence-electron chi connectivity index (χ0n) is 15.3. The molecule has 0 atom stereocenters. The first-order valence-electron chi connectivity index (χ1n) is 8.79. The van der Waals surface area contributed by atoms with Crippen molar-refractivity contribution in [1.29, 1.82) is 0 Å². The van der Waals surface area contributed by atoms with E-state index in [4.69, 9.17) is 9.47 Å². The first kappa shape index (κ1) is 20.8. The number of hydrogen-bond acceptors (Lipinski definition) is 4. The van der Waals surface area contributed by atoms with Crippen LogP contribution in [-0.4, -0.2) is 49.6 Å². The second-order valence-electron chi connectivity index (χ2n) is 6.35. The van der Waals surface area contributed by atoms with Gasteiger partial charge in [0.2, 0.25) is 0 Å². The molecule has 0 spiro atoms. The van der Waals surface area contributed by atoms with E-state index in [9.17, 15) is 9.59 Å². The minimum atomic E-state index is -0.276. The molecule has 2 aromatic rings. The quantitative estimate of drug-likeness (QED) is 0.658. The molecule has 3 rings (SSSR count). The molecule has 1 aliphatic rings. The maximum atomic E-state index is 12.4. The Morgan fingerprint density at radius 3 is 2.46 bits per heavy atom.